The third kappa shape index (κ3) is 3.50. The van der Waals surface area contributed by atoms with Gasteiger partial charge in [-0.05, 0) is 19.8 Å². The van der Waals surface area contributed by atoms with Gasteiger partial charge in [0.1, 0.15) is 12.1 Å². The molecule has 0 saturated heterocycles. The number of alkyl halides is 1. The van der Waals surface area contributed by atoms with Gasteiger partial charge in [0.15, 0.2) is 0 Å². The quantitative estimate of drug-likeness (QED) is 0.765. The lowest BCUT2D eigenvalue weighted by Crippen LogP contribution is -2.19. The predicted octanol–water partition coefficient (Wildman–Crippen LogP) is 2.60. The van der Waals surface area contributed by atoms with Gasteiger partial charge in [0.2, 0.25) is 0 Å². The van der Waals surface area contributed by atoms with Crippen molar-refractivity contribution in [3.8, 4) is 0 Å². The molecule has 3 nitrogen and oxygen atoms in total. The van der Waals surface area contributed by atoms with Crippen molar-refractivity contribution < 1.29 is 0 Å². The van der Waals surface area contributed by atoms with Gasteiger partial charge in [-0.3, -0.25) is 0 Å². The van der Waals surface area contributed by atoms with Gasteiger partial charge >= 0.3 is 0 Å². The maximum atomic E-state index is 5.70. The van der Waals surface area contributed by atoms with Crippen molar-refractivity contribution >= 4 is 17.4 Å². The molecule has 14 heavy (non-hydrogen) atoms. The molecule has 0 aliphatic heterocycles. The molecule has 0 fully saturated rings. The topological polar surface area (TPSA) is 37.8 Å². The Balaban J connectivity index is 2.57. The van der Waals surface area contributed by atoms with Crippen molar-refractivity contribution in [3.05, 3.63) is 18.1 Å². The summed E-state index contributed by atoms with van der Waals surface area (Å²) in [5.41, 5.74) is 0.975. The predicted molar refractivity (Wildman–Crippen MR) is 59.8 cm³/mol. The summed E-state index contributed by atoms with van der Waals surface area (Å²) in [5, 5.41) is 3.33. The van der Waals surface area contributed by atoms with Crippen LogP contribution in [0.4, 0.5) is 5.82 Å². The van der Waals surface area contributed by atoms with Gasteiger partial charge in [0, 0.05) is 23.7 Å². The molecule has 0 bridgehead atoms. The number of aromatic nitrogens is 2. The van der Waals surface area contributed by atoms with Gasteiger partial charge in [0.05, 0.1) is 0 Å². The number of nitrogens with zero attached hydrogens (tertiary/aromatic N) is 2. The van der Waals surface area contributed by atoms with Crippen molar-refractivity contribution in [1.29, 1.82) is 0 Å². The third-order valence-corrected chi connectivity index (χ3v) is 2.32. The van der Waals surface area contributed by atoms with Crippen molar-refractivity contribution in [2.24, 2.45) is 0 Å². The lowest BCUT2D eigenvalue weighted by atomic mass is 10.2. The Hall–Kier alpha value is -0.830. The van der Waals surface area contributed by atoms with E-state index in [1.54, 1.807) is 6.33 Å². The van der Waals surface area contributed by atoms with E-state index in [1.807, 2.05) is 13.0 Å². The summed E-state index contributed by atoms with van der Waals surface area (Å²) in [4.78, 5) is 8.19. The van der Waals surface area contributed by atoms with Crippen LogP contribution in [0.3, 0.4) is 0 Å². The van der Waals surface area contributed by atoms with Crippen LogP contribution in [-0.2, 0) is 0 Å². The van der Waals surface area contributed by atoms with E-state index in [2.05, 4.69) is 22.2 Å². The standard InChI is InChI=1S/C10H16ClN3/c1-3-9(4-5-11)14-10-6-8(2)12-7-13-10/h6-7,9H,3-5H2,1-2H3,(H,12,13,14). The second-order valence-electron chi connectivity index (χ2n) is 3.27. The van der Waals surface area contributed by atoms with Crippen molar-refractivity contribution in [3.63, 3.8) is 0 Å². The first-order valence-electron chi connectivity index (χ1n) is 4.87. The monoisotopic (exact) mass is 213 g/mol. The number of nitrogens with one attached hydrogen (secondary N) is 1. The van der Waals surface area contributed by atoms with Crippen LogP contribution in [0.5, 0.6) is 0 Å². The van der Waals surface area contributed by atoms with Gasteiger partial charge in [-0.1, -0.05) is 6.92 Å². The highest BCUT2D eigenvalue weighted by Crippen LogP contribution is 2.09. The van der Waals surface area contributed by atoms with Gasteiger partial charge in [0.25, 0.3) is 0 Å². The Kier molecular flexibility index (Phi) is 4.66. The SMILES string of the molecule is CCC(CCCl)Nc1cc(C)ncn1. The van der Waals surface area contributed by atoms with Crippen LogP contribution in [0, 0.1) is 6.92 Å². The fourth-order valence-electron chi connectivity index (χ4n) is 1.25. The van der Waals surface area contributed by atoms with E-state index in [1.165, 1.54) is 0 Å². The smallest absolute Gasteiger partial charge is 0.129 e. The summed E-state index contributed by atoms with van der Waals surface area (Å²) < 4.78 is 0. The molecule has 1 N–H and O–H groups in total. The molecule has 4 heteroatoms. The fraction of sp³-hybridized carbons (Fsp3) is 0.600. The maximum Gasteiger partial charge on any atom is 0.129 e. The van der Waals surface area contributed by atoms with Crippen molar-refractivity contribution in [1.82, 2.24) is 9.97 Å². The van der Waals surface area contributed by atoms with E-state index in [0.717, 1.165) is 24.4 Å². The summed E-state index contributed by atoms with van der Waals surface area (Å²) in [7, 11) is 0. The third-order valence-electron chi connectivity index (χ3n) is 2.11. The molecule has 1 aromatic heterocycles. The first kappa shape index (κ1) is 11.2. The van der Waals surface area contributed by atoms with Gasteiger partial charge in [-0.15, -0.1) is 11.6 Å². The van der Waals surface area contributed by atoms with Gasteiger partial charge < -0.3 is 5.32 Å². The molecule has 0 amide bonds. The Morgan fingerprint density at radius 2 is 2.29 bits per heavy atom. The van der Waals surface area contributed by atoms with E-state index < -0.39 is 0 Å². The molecule has 1 heterocycles. The lowest BCUT2D eigenvalue weighted by Gasteiger charge is -2.15. The molecule has 0 radical (unpaired) electrons. The van der Waals surface area contributed by atoms with Crippen molar-refractivity contribution in [2.45, 2.75) is 32.7 Å². The average Bonchev–Trinajstić information content (AvgIpc) is 2.17. The minimum Gasteiger partial charge on any atom is -0.367 e. The molecule has 0 aliphatic carbocycles. The normalized spacial score (nSPS) is 12.5. The zero-order valence-electron chi connectivity index (χ0n) is 8.63. The number of rotatable bonds is 5. The number of halogens is 1. The zero-order valence-corrected chi connectivity index (χ0v) is 9.38. The molecule has 0 spiro atoms. The van der Waals surface area contributed by atoms with Gasteiger partial charge in [-0.2, -0.15) is 0 Å². The molecule has 1 rings (SSSR count). The number of hydrogen-bond acceptors (Lipinski definition) is 3. The summed E-state index contributed by atoms with van der Waals surface area (Å²) in [6.07, 6.45) is 3.59. The Labute approximate surface area is 89.9 Å². The highest BCUT2D eigenvalue weighted by molar-refractivity contribution is 6.17. The molecule has 1 aromatic rings. The molecule has 0 aliphatic rings. The van der Waals surface area contributed by atoms with E-state index >= 15 is 0 Å². The molecular formula is C10H16ClN3. The number of aryl methyl sites for hydroxylation is 1. The summed E-state index contributed by atoms with van der Waals surface area (Å²) in [5.74, 6) is 1.56. The highest BCUT2D eigenvalue weighted by atomic mass is 35.5. The number of anilines is 1. The molecule has 0 aromatic carbocycles. The summed E-state index contributed by atoms with van der Waals surface area (Å²) in [6.45, 7) is 4.09. The Bertz CT molecular complexity index is 278. The minimum absolute atomic E-state index is 0.404. The Morgan fingerprint density at radius 3 is 2.86 bits per heavy atom. The second kappa shape index (κ2) is 5.81. The first-order valence-corrected chi connectivity index (χ1v) is 5.41. The molecule has 78 valence electrons. The molecule has 1 unspecified atom stereocenters. The largest absolute Gasteiger partial charge is 0.367 e. The maximum absolute atomic E-state index is 5.70. The van der Waals surface area contributed by atoms with Crippen LogP contribution in [-0.4, -0.2) is 21.9 Å². The highest BCUT2D eigenvalue weighted by Gasteiger charge is 2.05. The lowest BCUT2D eigenvalue weighted by molar-refractivity contribution is 0.671. The summed E-state index contributed by atoms with van der Waals surface area (Å²) >= 11 is 5.70. The summed E-state index contributed by atoms with van der Waals surface area (Å²) in [6, 6.07) is 2.35. The second-order valence-corrected chi connectivity index (χ2v) is 3.65. The van der Waals surface area contributed by atoms with Crippen LogP contribution >= 0.6 is 11.6 Å². The average molecular weight is 214 g/mol. The molecule has 0 saturated carbocycles. The van der Waals surface area contributed by atoms with Crippen LogP contribution in [0.25, 0.3) is 0 Å². The van der Waals surface area contributed by atoms with E-state index in [0.29, 0.717) is 11.9 Å². The van der Waals surface area contributed by atoms with Crippen molar-refractivity contribution in [2.75, 3.05) is 11.2 Å². The number of hydrogen-bond donors (Lipinski definition) is 1. The molecule has 1 atom stereocenters. The fourth-order valence-corrected chi connectivity index (χ4v) is 1.52. The zero-order chi connectivity index (χ0) is 10.4. The Morgan fingerprint density at radius 1 is 1.50 bits per heavy atom. The molecular weight excluding hydrogens is 198 g/mol. The van der Waals surface area contributed by atoms with E-state index in [4.69, 9.17) is 11.6 Å². The van der Waals surface area contributed by atoms with Gasteiger partial charge in [-0.25, -0.2) is 9.97 Å². The van der Waals surface area contributed by atoms with Crippen LogP contribution in [0.15, 0.2) is 12.4 Å². The van der Waals surface area contributed by atoms with Crippen LogP contribution in [0.1, 0.15) is 25.5 Å². The van der Waals surface area contributed by atoms with E-state index in [-0.39, 0.29) is 0 Å². The van der Waals surface area contributed by atoms with Crippen LogP contribution < -0.4 is 5.32 Å². The van der Waals surface area contributed by atoms with E-state index in [9.17, 15) is 0 Å². The first-order chi connectivity index (χ1) is 6.76. The van der Waals surface area contributed by atoms with Crippen LogP contribution in [0.2, 0.25) is 0 Å². The minimum atomic E-state index is 0.404.